The van der Waals surface area contributed by atoms with Gasteiger partial charge in [-0.3, -0.25) is 9.59 Å². The van der Waals surface area contributed by atoms with Crippen LogP contribution in [0.25, 0.3) is 0 Å². The summed E-state index contributed by atoms with van der Waals surface area (Å²) in [7, 11) is 0. The number of carbonyl (C=O) groups excluding carboxylic acids is 1. The normalized spacial score (nSPS) is 11.7. The van der Waals surface area contributed by atoms with Crippen LogP contribution in [0.3, 0.4) is 0 Å². The quantitative estimate of drug-likeness (QED) is 0.764. The molecule has 0 saturated heterocycles. The molecule has 0 bridgehead atoms. The first-order chi connectivity index (χ1) is 11.0. The number of rotatable bonds is 7. The monoisotopic (exact) mass is 329 g/mol. The summed E-state index contributed by atoms with van der Waals surface area (Å²) in [6.07, 6.45) is -0.116. The average molecular weight is 329 g/mol. The zero-order chi connectivity index (χ0) is 16.7. The van der Waals surface area contributed by atoms with Crippen molar-refractivity contribution in [2.45, 2.75) is 24.5 Å². The Morgan fingerprint density at radius 2 is 1.74 bits per heavy atom. The summed E-state index contributed by atoms with van der Waals surface area (Å²) in [5, 5.41) is 11.4. The zero-order valence-corrected chi connectivity index (χ0v) is 13.7. The van der Waals surface area contributed by atoms with E-state index in [1.54, 1.807) is 24.3 Å². The van der Waals surface area contributed by atoms with Crippen molar-refractivity contribution >= 4 is 23.6 Å². The Kier molecular flexibility index (Phi) is 6.23. The molecule has 2 aromatic carbocycles. The van der Waals surface area contributed by atoms with Gasteiger partial charge in [0.05, 0.1) is 11.8 Å². The molecule has 1 atom stereocenters. The molecule has 0 saturated carbocycles. The molecule has 1 amide bonds. The van der Waals surface area contributed by atoms with E-state index in [1.165, 1.54) is 17.3 Å². The molecule has 23 heavy (non-hydrogen) atoms. The number of hydrogen-bond donors (Lipinski definition) is 2. The fourth-order valence-electron chi connectivity index (χ4n) is 2.01. The van der Waals surface area contributed by atoms with E-state index < -0.39 is 11.3 Å². The van der Waals surface area contributed by atoms with Crippen LogP contribution in [0.1, 0.15) is 27.9 Å². The Morgan fingerprint density at radius 3 is 2.35 bits per heavy atom. The Morgan fingerprint density at radius 1 is 1.09 bits per heavy atom. The standard InChI is InChI=1S/C18H19NO3S/c1-13-7-9-14(10-8-13)12-23-16(11-17(20)21)19-18(22)15-5-3-2-4-6-15/h2-10,16H,11-12H2,1H3,(H,19,22)(H,20,21). The van der Waals surface area contributed by atoms with Crippen molar-refractivity contribution in [2.24, 2.45) is 0 Å². The second-order valence-electron chi connectivity index (χ2n) is 5.22. The van der Waals surface area contributed by atoms with Crippen LogP contribution in [0.4, 0.5) is 0 Å². The van der Waals surface area contributed by atoms with Crippen LogP contribution in [-0.2, 0) is 10.5 Å². The summed E-state index contributed by atoms with van der Waals surface area (Å²) < 4.78 is 0. The van der Waals surface area contributed by atoms with Gasteiger partial charge in [-0.1, -0.05) is 48.0 Å². The first-order valence-corrected chi connectivity index (χ1v) is 8.34. The van der Waals surface area contributed by atoms with E-state index in [0.717, 1.165) is 5.56 Å². The highest BCUT2D eigenvalue weighted by Crippen LogP contribution is 2.19. The summed E-state index contributed by atoms with van der Waals surface area (Å²) in [4.78, 5) is 23.2. The van der Waals surface area contributed by atoms with E-state index in [9.17, 15) is 9.59 Å². The number of nitrogens with one attached hydrogen (secondary N) is 1. The lowest BCUT2D eigenvalue weighted by Gasteiger charge is -2.16. The van der Waals surface area contributed by atoms with E-state index in [4.69, 9.17) is 5.11 Å². The van der Waals surface area contributed by atoms with Gasteiger partial charge in [0.25, 0.3) is 5.91 Å². The minimum Gasteiger partial charge on any atom is -0.481 e. The van der Waals surface area contributed by atoms with Crippen molar-refractivity contribution in [3.05, 3.63) is 71.3 Å². The Labute approximate surface area is 139 Å². The number of carboxylic acids is 1. The predicted molar refractivity (Wildman–Crippen MR) is 92.4 cm³/mol. The van der Waals surface area contributed by atoms with Gasteiger partial charge < -0.3 is 10.4 Å². The second kappa shape index (κ2) is 8.39. The number of carbonyl (C=O) groups is 2. The molecule has 0 aliphatic rings. The largest absolute Gasteiger partial charge is 0.481 e. The molecule has 0 spiro atoms. The number of benzene rings is 2. The van der Waals surface area contributed by atoms with Crippen molar-refractivity contribution in [1.82, 2.24) is 5.32 Å². The van der Waals surface area contributed by atoms with Gasteiger partial charge in [0.2, 0.25) is 0 Å². The highest BCUT2D eigenvalue weighted by molar-refractivity contribution is 7.99. The number of thioether (sulfide) groups is 1. The SMILES string of the molecule is Cc1ccc(CSC(CC(=O)O)NC(=O)c2ccccc2)cc1. The van der Waals surface area contributed by atoms with Crippen molar-refractivity contribution in [2.75, 3.05) is 0 Å². The molecule has 120 valence electrons. The third kappa shape index (κ3) is 5.79. The number of hydrogen-bond acceptors (Lipinski definition) is 3. The van der Waals surface area contributed by atoms with Gasteiger partial charge in [-0.15, -0.1) is 11.8 Å². The van der Waals surface area contributed by atoms with Crippen molar-refractivity contribution in [1.29, 1.82) is 0 Å². The number of aliphatic carboxylic acids is 1. The Balaban J connectivity index is 1.97. The molecule has 2 N–H and O–H groups in total. The lowest BCUT2D eigenvalue weighted by Crippen LogP contribution is -2.34. The van der Waals surface area contributed by atoms with Crippen molar-refractivity contribution in [3.8, 4) is 0 Å². The third-order valence-corrected chi connectivity index (χ3v) is 4.45. The zero-order valence-electron chi connectivity index (χ0n) is 12.9. The molecular formula is C18H19NO3S. The lowest BCUT2D eigenvalue weighted by molar-refractivity contribution is -0.137. The number of amides is 1. The van der Waals surface area contributed by atoms with Crippen LogP contribution < -0.4 is 5.32 Å². The highest BCUT2D eigenvalue weighted by Gasteiger charge is 2.17. The number of carboxylic acid groups (broad SMARTS) is 1. The molecular weight excluding hydrogens is 310 g/mol. The third-order valence-electron chi connectivity index (χ3n) is 3.26. The molecule has 4 nitrogen and oxygen atoms in total. The molecule has 1 unspecified atom stereocenters. The Bertz CT molecular complexity index is 656. The first-order valence-electron chi connectivity index (χ1n) is 7.29. The van der Waals surface area contributed by atoms with Crippen LogP contribution in [-0.4, -0.2) is 22.4 Å². The summed E-state index contributed by atoms with van der Waals surface area (Å²) in [5.74, 6) is -0.541. The van der Waals surface area contributed by atoms with Crippen LogP contribution in [0.15, 0.2) is 54.6 Å². The van der Waals surface area contributed by atoms with Gasteiger partial charge in [0.1, 0.15) is 0 Å². The molecule has 0 aromatic heterocycles. The Hall–Kier alpha value is -2.27. The second-order valence-corrected chi connectivity index (χ2v) is 6.41. The maximum atomic E-state index is 12.2. The predicted octanol–water partition coefficient (Wildman–Crippen LogP) is 3.46. The minimum atomic E-state index is -0.931. The summed E-state index contributed by atoms with van der Waals surface area (Å²) in [6.45, 7) is 2.02. The van der Waals surface area contributed by atoms with Gasteiger partial charge in [-0.2, -0.15) is 0 Å². The van der Waals surface area contributed by atoms with Crippen molar-refractivity contribution < 1.29 is 14.7 Å². The molecule has 5 heteroatoms. The van der Waals surface area contributed by atoms with Crippen LogP contribution in [0.2, 0.25) is 0 Å². The van der Waals surface area contributed by atoms with Gasteiger partial charge in [0, 0.05) is 11.3 Å². The van der Waals surface area contributed by atoms with E-state index in [2.05, 4.69) is 5.32 Å². The van der Waals surface area contributed by atoms with E-state index >= 15 is 0 Å². The molecule has 0 aliphatic carbocycles. The molecule has 2 aromatic rings. The smallest absolute Gasteiger partial charge is 0.306 e. The van der Waals surface area contributed by atoms with Gasteiger partial charge in [0.15, 0.2) is 0 Å². The summed E-state index contributed by atoms with van der Waals surface area (Å²) >= 11 is 1.42. The van der Waals surface area contributed by atoms with Gasteiger partial charge in [-0.25, -0.2) is 0 Å². The van der Waals surface area contributed by atoms with Crippen molar-refractivity contribution in [3.63, 3.8) is 0 Å². The molecule has 0 radical (unpaired) electrons. The van der Waals surface area contributed by atoms with E-state index in [0.29, 0.717) is 11.3 Å². The molecule has 2 rings (SSSR count). The topological polar surface area (TPSA) is 66.4 Å². The lowest BCUT2D eigenvalue weighted by atomic mass is 10.2. The fraction of sp³-hybridized carbons (Fsp3) is 0.222. The summed E-state index contributed by atoms with van der Waals surface area (Å²) in [5.41, 5.74) is 2.81. The maximum Gasteiger partial charge on any atom is 0.306 e. The van der Waals surface area contributed by atoms with Gasteiger partial charge >= 0.3 is 5.97 Å². The highest BCUT2D eigenvalue weighted by atomic mass is 32.2. The van der Waals surface area contributed by atoms with Crippen LogP contribution in [0.5, 0.6) is 0 Å². The van der Waals surface area contributed by atoms with E-state index in [-0.39, 0.29) is 12.3 Å². The molecule has 0 aliphatic heterocycles. The molecule has 0 heterocycles. The first kappa shape index (κ1) is 17.1. The fourth-order valence-corrected chi connectivity index (χ4v) is 3.05. The van der Waals surface area contributed by atoms with Crippen LogP contribution >= 0.6 is 11.8 Å². The van der Waals surface area contributed by atoms with Crippen LogP contribution in [0, 0.1) is 6.92 Å². The maximum absolute atomic E-state index is 12.2. The molecule has 0 fully saturated rings. The van der Waals surface area contributed by atoms with Gasteiger partial charge in [-0.05, 0) is 24.6 Å². The average Bonchev–Trinajstić information content (AvgIpc) is 2.54. The minimum absolute atomic E-state index is 0.116. The number of aryl methyl sites for hydroxylation is 1. The van der Waals surface area contributed by atoms with E-state index in [1.807, 2.05) is 37.3 Å². The summed E-state index contributed by atoms with van der Waals surface area (Å²) in [6, 6.07) is 16.9.